The number of aromatic nitrogens is 1. The van der Waals surface area contributed by atoms with Crippen LogP contribution in [0.5, 0.6) is 17.5 Å². The molecule has 0 aliphatic heterocycles. The maximum absolute atomic E-state index is 11.4. The lowest BCUT2D eigenvalue weighted by molar-refractivity contribution is 0.0595. The quantitative estimate of drug-likeness (QED) is 0.712. The zero-order valence-corrected chi connectivity index (χ0v) is 9.57. The zero-order valence-electron chi connectivity index (χ0n) is 9.57. The van der Waals surface area contributed by atoms with Crippen molar-refractivity contribution in [3.05, 3.63) is 11.6 Å². The van der Waals surface area contributed by atoms with Crippen molar-refractivity contribution >= 4 is 5.97 Å². The van der Waals surface area contributed by atoms with Crippen molar-refractivity contribution in [2.45, 2.75) is 0 Å². The van der Waals surface area contributed by atoms with Gasteiger partial charge in [-0.25, -0.2) is 4.79 Å². The minimum atomic E-state index is -0.551. The van der Waals surface area contributed by atoms with Gasteiger partial charge in [-0.1, -0.05) is 0 Å². The number of esters is 1. The van der Waals surface area contributed by atoms with Crippen LogP contribution in [0.3, 0.4) is 0 Å². The summed E-state index contributed by atoms with van der Waals surface area (Å²) in [4.78, 5) is 15.4. The van der Waals surface area contributed by atoms with E-state index in [0.717, 1.165) is 0 Å². The van der Waals surface area contributed by atoms with Crippen molar-refractivity contribution in [2.24, 2.45) is 0 Å². The van der Waals surface area contributed by atoms with Crippen molar-refractivity contribution in [3.8, 4) is 17.5 Å². The third-order valence-corrected chi connectivity index (χ3v) is 1.93. The van der Waals surface area contributed by atoms with Crippen LogP contribution >= 0.6 is 0 Å². The number of methoxy groups -OCH3 is 4. The van der Waals surface area contributed by atoms with Crippen LogP contribution < -0.4 is 14.2 Å². The van der Waals surface area contributed by atoms with Crippen LogP contribution in [0.15, 0.2) is 6.07 Å². The number of carbonyl (C=O) groups is 1. The highest BCUT2D eigenvalue weighted by atomic mass is 16.5. The molecule has 0 aromatic carbocycles. The molecule has 88 valence electrons. The Morgan fingerprint density at radius 1 is 1.06 bits per heavy atom. The normalized spacial score (nSPS) is 9.50. The van der Waals surface area contributed by atoms with Gasteiger partial charge in [-0.2, -0.15) is 4.98 Å². The Bertz CT molecular complexity index is 391. The number of nitrogens with zero attached hydrogens (tertiary/aromatic N) is 1. The fraction of sp³-hybridized carbons (Fsp3) is 0.400. The molecule has 1 heterocycles. The Morgan fingerprint density at radius 2 is 1.69 bits per heavy atom. The predicted molar refractivity (Wildman–Crippen MR) is 55.2 cm³/mol. The van der Waals surface area contributed by atoms with Gasteiger partial charge in [0.2, 0.25) is 5.88 Å². The fourth-order valence-corrected chi connectivity index (χ4v) is 1.17. The van der Waals surface area contributed by atoms with E-state index in [1.54, 1.807) is 0 Å². The van der Waals surface area contributed by atoms with E-state index < -0.39 is 5.97 Å². The number of hydrogen-bond donors (Lipinski definition) is 0. The summed E-state index contributed by atoms with van der Waals surface area (Å²) in [7, 11) is 5.58. The maximum Gasteiger partial charge on any atom is 0.343 e. The lowest BCUT2D eigenvalue weighted by atomic mass is 10.2. The molecule has 0 fully saturated rings. The Balaban J connectivity index is 3.31. The summed E-state index contributed by atoms with van der Waals surface area (Å²) in [5.74, 6) is 0.158. The van der Waals surface area contributed by atoms with Crippen LogP contribution in [0.4, 0.5) is 0 Å². The van der Waals surface area contributed by atoms with Gasteiger partial charge >= 0.3 is 5.97 Å². The summed E-state index contributed by atoms with van der Waals surface area (Å²) in [6.07, 6.45) is 0. The predicted octanol–water partition coefficient (Wildman–Crippen LogP) is 0.894. The molecule has 1 aromatic heterocycles. The highest BCUT2D eigenvalue weighted by molar-refractivity contribution is 5.92. The molecule has 0 spiro atoms. The highest BCUT2D eigenvalue weighted by Gasteiger charge is 2.19. The van der Waals surface area contributed by atoms with Crippen LogP contribution in [-0.4, -0.2) is 39.4 Å². The molecule has 0 saturated carbocycles. The van der Waals surface area contributed by atoms with E-state index >= 15 is 0 Å². The number of carbonyl (C=O) groups excluding carboxylic acids is 1. The lowest BCUT2D eigenvalue weighted by Gasteiger charge is -2.11. The molecule has 0 saturated heterocycles. The first kappa shape index (κ1) is 12.1. The first-order valence-electron chi connectivity index (χ1n) is 4.43. The molecule has 6 heteroatoms. The molecule has 0 radical (unpaired) electrons. The monoisotopic (exact) mass is 227 g/mol. The molecule has 6 nitrogen and oxygen atoms in total. The highest BCUT2D eigenvalue weighted by Crippen LogP contribution is 2.30. The molecular formula is C10H13NO5. The average Bonchev–Trinajstić information content (AvgIpc) is 2.35. The van der Waals surface area contributed by atoms with Gasteiger partial charge in [0, 0.05) is 6.07 Å². The minimum Gasteiger partial charge on any atom is -0.491 e. The van der Waals surface area contributed by atoms with Crippen LogP contribution in [-0.2, 0) is 4.74 Å². The van der Waals surface area contributed by atoms with E-state index in [1.807, 2.05) is 0 Å². The summed E-state index contributed by atoms with van der Waals surface area (Å²) in [6, 6.07) is 1.45. The minimum absolute atomic E-state index is 0.129. The second-order valence-corrected chi connectivity index (χ2v) is 2.75. The zero-order chi connectivity index (χ0) is 12.1. The SMILES string of the molecule is COC(=O)c1cc(OC)c(OC)nc1OC. The van der Waals surface area contributed by atoms with Gasteiger partial charge < -0.3 is 18.9 Å². The molecule has 0 aliphatic carbocycles. The summed E-state index contributed by atoms with van der Waals surface area (Å²) < 4.78 is 19.6. The van der Waals surface area contributed by atoms with Crippen molar-refractivity contribution in [3.63, 3.8) is 0 Å². The van der Waals surface area contributed by atoms with Crippen molar-refractivity contribution in [1.29, 1.82) is 0 Å². The fourth-order valence-electron chi connectivity index (χ4n) is 1.17. The summed E-state index contributed by atoms with van der Waals surface area (Å²) in [5.41, 5.74) is 0.183. The van der Waals surface area contributed by atoms with E-state index in [0.29, 0.717) is 5.75 Å². The van der Waals surface area contributed by atoms with Crippen LogP contribution in [0, 0.1) is 0 Å². The average molecular weight is 227 g/mol. The van der Waals surface area contributed by atoms with Gasteiger partial charge in [0.15, 0.2) is 5.75 Å². The number of ether oxygens (including phenoxy) is 4. The standard InChI is InChI=1S/C10H13NO5/c1-13-7-5-6(10(12)16-4)8(14-2)11-9(7)15-3/h5H,1-4H3. The van der Waals surface area contributed by atoms with E-state index in [1.165, 1.54) is 34.5 Å². The second kappa shape index (κ2) is 5.20. The summed E-state index contributed by atoms with van der Waals surface area (Å²) in [6.45, 7) is 0. The van der Waals surface area contributed by atoms with E-state index in [2.05, 4.69) is 9.72 Å². The number of hydrogen-bond acceptors (Lipinski definition) is 6. The third-order valence-electron chi connectivity index (χ3n) is 1.93. The summed E-state index contributed by atoms with van der Waals surface area (Å²) >= 11 is 0. The molecule has 0 amide bonds. The van der Waals surface area contributed by atoms with Gasteiger partial charge in [0.1, 0.15) is 5.56 Å². The molecule has 0 aliphatic rings. The molecular weight excluding hydrogens is 214 g/mol. The first-order chi connectivity index (χ1) is 7.67. The third kappa shape index (κ3) is 2.16. The first-order valence-corrected chi connectivity index (χ1v) is 4.43. The van der Waals surface area contributed by atoms with Gasteiger partial charge in [-0.15, -0.1) is 0 Å². The topological polar surface area (TPSA) is 66.9 Å². The second-order valence-electron chi connectivity index (χ2n) is 2.75. The van der Waals surface area contributed by atoms with E-state index in [-0.39, 0.29) is 17.3 Å². The van der Waals surface area contributed by atoms with E-state index in [4.69, 9.17) is 14.2 Å². The number of pyridine rings is 1. The van der Waals surface area contributed by atoms with Crippen LogP contribution in [0.1, 0.15) is 10.4 Å². The number of rotatable bonds is 4. The summed E-state index contributed by atoms with van der Waals surface area (Å²) in [5, 5.41) is 0. The van der Waals surface area contributed by atoms with Crippen LogP contribution in [0.25, 0.3) is 0 Å². The van der Waals surface area contributed by atoms with E-state index in [9.17, 15) is 4.79 Å². The molecule has 1 aromatic rings. The lowest BCUT2D eigenvalue weighted by Crippen LogP contribution is -2.07. The van der Waals surface area contributed by atoms with Gasteiger partial charge in [0.25, 0.3) is 5.88 Å². The molecule has 0 unspecified atom stereocenters. The molecule has 0 atom stereocenters. The van der Waals surface area contributed by atoms with Crippen LogP contribution in [0.2, 0.25) is 0 Å². The molecule has 1 rings (SSSR count). The van der Waals surface area contributed by atoms with Gasteiger partial charge in [-0.05, 0) is 0 Å². The van der Waals surface area contributed by atoms with Gasteiger partial charge in [-0.3, -0.25) is 0 Å². The Hall–Kier alpha value is -1.98. The Kier molecular flexibility index (Phi) is 3.93. The molecule has 16 heavy (non-hydrogen) atoms. The Morgan fingerprint density at radius 3 is 2.12 bits per heavy atom. The van der Waals surface area contributed by atoms with Gasteiger partial charge in [0.05, 0.1) is 28.4 Å². The molecule has 0 N–H and O–H groups in total. The largest absolute Gasteiger partial charge is 0.491 e. The van der Waals surface area contributed by atoms with Crippen molar-refractivity contribution in [1.82, 2.24) is 4.98 Å². The maximum atomic E-state index is 11.4. The van der Waals surface area contributed by atoms with Crippen molar-refractivity contribution < 1.29 is 23.7 Å². The molecule has 0 bridgehead atoms. The smallest absolute Gasteiger partial charge is 0.343 e. The Labute approximate surface area is 93.1 Å². The van der Waals surface area contributed by atoms with Crippen molar-refractivity contribution in [2.75, 3.05) is 28.4 Å².